The lowest BCUT2D eigenvalue weighted by Gasteiger charge is -2.22. The molecule has 2 aromatic carbocycles. The van der Waals surface area contributed by atoms with Crippen LogP contribution in [0.2, 0.25) is 0 Å². The van der Waals surface area contributed by atoms with E-state index in [4.69, 9.17) is 5.73 Å². The van der Waals surface area contributed by atoms with E-state index in [9.17, 15) is 14.9 Å². The van der Waals surface area contributed by atoms with E-state index in [-0.39, 0.29) is 22.6 Å². The minimum absolute atomic E-state index is 0.0399. The maximum absolute atomic E-state index is 14.4. The normalized spacial score (nSPS) is 13.6. The molecule has 1 fully saturated rings. The first kappa shape index (κ1) is 25.1. The number of hydrogen-bond acceptors (Lipinski definition) is 7. The maximum Gasteiger partial charge on any atom is 0.263 e. The number of aromatic nitrogens is 4. The van der Waals surface area contributed by atoms with Gasteiger partial charge in [0.05, 0.1) is 17.6 Å². The molecule has 0 aliphatic heterocycles. The van der Waals surface area contributed by atoms with Crippen molar-refractivity contribution in [3.8, 4) is 22.9 Å². The summed E-state index contributed by atoms with van der Waals surface area (Å²) >= 11 is 0. The number of para-hydroxylation sites is 1. The molecule has 9 heteroatoms. The molecule has 0 spiro atoms. The predicted molar refractivity (Wildman–Crippen MR) is 155 cm³/mol. The second-order valence-electron chi connectivity index (χ2n) is 10.1. The molecular weight excluding hydrogens is 502 g/mol. The summed E-state index contributed by atoms with van der Waals surface area (Å²) in [6, 6.07) is 22.2. The Kier molecular flexibility index (Phi) is 6.36. The van der Waals surface area contributed by atoms with Crippen LogP contribution >= 0.6 is 0 Å². The van der Waals surface area contributed by atoms with Gasteiger partial charge < -0.3 is 15.6 Å². The minimum Gasteiger partial charge on any atom is -0.368 e. The van der Waals surface area contributed by atoms with E-state index in [1.165, 1.54) is 6.20 Å². The van der Waals surface area contributed by atoms with Crippen molar-refractivity contribution in [3.63, 3.8) is 0 Å². The van der Waals surface area contributed by atoms with Gasteiger partial charge in [-0.15, -0.1) is 0 Å². The van der Waals surface area contributed by atoms with Crippen LogP contribution < -0.4 is 22.2 Å². The molecule has 3 aromatic heterocycles. The molecule has 0 amide bonds. The zero-order chi connectivity index (χ0) is 27.8. The highest BCUT2D eigenvalue weighted by Gasteiger charge is 2.23. The van der Waals surface area contributed by atoms with Crippen LogP contribution in [-0.2, 0) is 6.54 Å². The Balaban J connectivity index is 1.54. The molecule has 0 bridgehead atoms. The standard InChI is InChI=1S/C31H27N7O2/c1-19(35-29-23(15-32)16-34-31(33)36-29)26-14-21-6-5-9-25(22-12-13-27(39)37(18-22)17-20-10-11-20)28(21)30(40)38(26)24-7-3-2-4-8-24/h2-9,12-14,16,18-20H,10-11,17H2,1H3,(H3,33,34,35,36)/t19-/m0/s1. The summed E-state index contributed by atoms with van der Waals surface area (Å²) in [7, 11) is 0. The van der Waals surface area contributed by atoms with Crippen LogP contribution in [0.15, 0.2) is 88.7 Å². The fraction of sp³-hybridized carbons (Fsp3) is 0.194. The molecule has 0 saturated heterocycles. The zero-order valence-electron chi connectivity index (χ0n) is 21.9. The number of nitriles is 1. The lowest BCUT2D eigenvalue weighted by molar-refractivity contribution is 0.607. The number of hydrogen-bond donors (Lipinski definition) is 2. The van der Waals surface area contributed by atoms with Crippen molar-refractivity contribution in [2.75, 3.05) is 11.1 Å². The Morgan fingerprint density at radius 1 is 1.10 bits per heavy atom. The highest BCUT2D eigenvalue weighted by molar-refractivity contribution is 5.96. The summed E-state index contributed by atoms with van der Waals surface area (Å²) in [5.41, 5.74) is 8.77. The summed E-state index contributed by atoms with van der Waals surface area (Å²) < 4.78 is 3.43. The van der Waals surface area contributed by atoms with E-state index >= 15 is 0 Å². The molecule has 9 nitrogen and oxygen atoms in total. The minimum atomic E-state index is -0.428. The lowest BCUT2D eigenvalue weighted by atomic mass is 9.98. The third-order valence-electron chi connectivity index (χ3n) is 7.26. The molecule has 1 aliphatic carbocycles. The molecule has 3 heterocycles. The van der Waals surface area contributed by atoms with Crippen LogP contribution in [0, 0.1) is 17.2 Å². The van der Waals surface area contributed by atoms with Gasteiger partial charge in [-0.05, 0) is 66.5 Å². The van der Waals surface area contributed by atoms with E-state index in [1.807, 2.05) is 67.7 Å². The Hall–Kier alpha value is -5.23. The smallest absolute Gasteiger partial charge is 0.263 e. The largest absolute Gasteiger partial charge is 0.368 e. The Labute approximate surface area is 230 Å². The monoisotopic (exact) mass is 529 g/mol. The van der Waals surface area contributed by atoms with Gasteiger partial charge in [0.25, 0.3) is 11.1 Å². The summed E-state index contributed by atoms with van der Waals surface area (Å²) in [4.78, 5) is 35.0. The van der Waals surface area contributed by atoms with Gasteiger partial charge in [-0.2, -0.15) is 10.2 Å². The molecule has 5 aromatic rings. The van der Waals surface area contributed by atoms with Gasteiger partial charge in [0.1, 0.15) is 17.5 Å². The summed E-state index contributed by atoms with van der Waals surface area (Å²) in [6.07, 6.45) is 5.51. The van der Waals surface area contributed by atoms with Crippen LogP contribution in [0.5, 0.6) is 0 Å². The Morgan fingerprint density at radius 2 is 1.90 bits per heavy atom. The van der Waals surface area contributed by atoms with Crippen molar-refractivity contribution in [2.24, 2.45) is 5.92 Å². The molecule has 0 radical (unpaired) electrons. The molecule has 198 valence electrons. The number of fused-ring (bicyclic) bond motifs is 1. The predicted octanol–water partition coefficient (Wildman–Crippen LogP) is 4.65. The number of nitrogens with one attached hydrogen (secondary N) is 1. The lowest BCUT2D eigenvalue weighted by Crippen LogP contribution is -2.26. The number of benzene rings is 2. The third-order valence-corrected chi connectivity index (χ3v) is 7.26. The SMILES string of the molecule is C[C@H](Nc1nc(N)ncc1C#N)c1cc2cccc(-c3ccc(=O)n(CC4CC4)c3)c2c(=O)n1-c1ccccc1. The van der Waals surface area contributed by atoms with Crippen LogP contribution in [0.25, 0.3) is 27.6 Å². The molecule has 1 saturated carbocycles. The van der Waals surface area contributed by atoms with Crippen molar-refractivity contribution < 1.29 is 0 Å². The molecule has 0 unspecified atom stereocenters. The fourth-order valence-corrected chi connectivity index (χ4v) is 5.06. The zero-order valence-corrected chi connectivity index (χ0v) is 21.9. The van der Waals surface area contributed by atoms with E-state index in [2.05, 4.69) is 21.4 Å². The van der Waals surface area contributed by atoms with Crippen LogP contribution in [0.4, 0.5) is 11.8 Å². The first-order valence-electron chi connectivity index (χ1n) is 13.2. The second kappa shape index (κ2) is 10.2. The van der Waals surface area contributed by atoms with E-state index in [1.54, 1.807) is 21.3 Å². The van der Waals surface area contributed by atoms with E-state index in [0.717, 1.165) is 29.4 Å². The van der Waals surface area contributed by atoms with Gasteiger partial charge in [0.15, 0.2) is 0 Å². The highest BCUT2D eigenvalue weighted by atomic mass is 16.1. The maximum atomic E-state index is 14.4. The average molecular weight is 530 g/mol. The fourth-order valence-electron chi connectivity index (χ4n) is 5.06. The molecule has 40 heavy (non-hydrogen) atoms. The number of nitrogens with two attached hydrogens (primary N) is 1. The van der Waals surface area contributed by atoms with Crippen molar-refractivity contribution >= 4 is 22.5 Å². The molecular formula is C31H27N7O2. The number of nitrogen functional groups attached to an aromatic ring is 1. The molecule has 6 rings (SSSR count). The first-order chi connectivity index (χ1) is 19.4. The summed E-state index contributed by atoms with van der Waals surface area (Å²) in [6.45, 7) is 2.59. The average Bonchev–Trinajstić information content (AvgIpc) is 3.78. The van der Waals surface area contributed by atoms with Crippen LogP contribution in [0.3, 0.4) is 0 Å². The van der Waals surface area contributed by atoms with Gasteiger partial charge in [-0.3, -0.25) is 14.2 Å². The van der Waals surface area contributed by atoms with E-state index < -0.39 is 6.04 Å². The second-order valence-corrected chi connectivity index (χ2v) is 10.1. The van der Waals surface area contributed by atoms with Crippen LogP contribution in [0.1, 0.15) is 37.1 Å². The van der Waals surface area contributed by atoms with Gasteiger partial charge >= 0.3 is 0 Å². The molecule has 3 N–H and O–H groups in total. The van der Waals surface area contributed by atoms with Crippen molar-refractivity contribution in [1.82, 2.24) is 19.1 Å². The molecule has 1 aliphatic rings. The van der Waals surface area contributed by atoms with Gasteiger partial charge in [0.2, 0.25) is 5.95 Å². The van der Waals surface area contributed by atoms with Crippen LogP contribution in [-0.4, -0.2) is 19.1 Å². The quantitative estimate of drug-likeness (QED) is 0.314. The number of nitrogens with zero attached hydrogens (tertiary/aromatic N) is 5. The van der Waals surface area contributed by atoms with Gasteiger partial charge in [0, 0.05) is 30.2 Å². The third kappa shape index (κ3) is 4.71. The Morgan fingerprint density at radius 3 is 2.65 bits per heavy atom. The van der Waals surface area contributed by atoms with E-state index in [0.29, 0.717) is 35.0 Å². The summed E-state index contributed by atoms with van der Waals surface area (Å²) in [5.74, 6) is 0.876. The molecule has 1 atom stereocenters. The number of anilines is 2. The van der Waals surface area contributed by atoms with Crippen molar-refractivity contribution in [2.45, 2.75) is 32.4 Å². The van der Waals surface area contributed by atoms with Gasteiger partial charge in [-0.1, -0.05) is 36.4 Å². The van der Waals surface area contributed by atoms with Gasteiger partial charge in [-0.25, -0.2) is 4.98 Å². The topological polar surface area (TPSA) is 132 Å². The van der Waals surface area contributed by atoms with Crippen molar-refractivity contribution in [1.29, 1.82) is 5.26 Å². The van der Waals surface area contributed by atoms with Crippen molar-refractivity contribution in [3.05, 3.63) is 111 Å². The summed E-state index contributed by atoms with van der Waals surface area (Å²) in [5, 5.41) is 14.1. The number of rotatable bonds is 7. The number of pyridine rings is 2. The Bertz CT molecular complexity index is 1900. The highest BCUT2D eigenvalue weighted by Crippen LogP contribution is 2.32. The first-order valence-corrected chi connectivity index (χ1v) is 13.2.